The summed E-state index contributed by atoms with van der Waals surface area (Å²) in [5.74, 6) is -0.609. The van der Waals surface area contributed by atoms with Crippen LogP contribution < -0.4 is 16.2 Å². The van der Waals surface area contributed by atoms with Crippen molar-refractivity contribution in [2.24, 2.45) is 0 Å². The zero-order valence-corrected chi connectivity index (χ0v) is 16.6. The SMILES string of the molecule is CC[C@@](C)(O)[C@@H]1O[C@@H](n2c(=O)sc3c(=O)[nH]c(N)nc32)[C@H](CC(=O)OC)S1. The van der Waals surface area contributed by atoms with Crippen LogP contribution in [-0.4, -0.2) is 49.0 Å². The van der Waals surface area contributed by atoms with Gasteiger partial charge >= 0.3 is 10.8 Å². The number of thiazole rings is 1. The number of aromatic nitrogens is 3. The molecule has 1 saturated heterocycles. The first kappa shape index (κ1) is 19.9. The van der Waals surface area contributed by atoms with Gasteiger partial charge in [-0.3, -0.25) is 23.9 Å². The fourth-order valence-electron chi connectivity index (χ4n) is 2.73. The molecule has 0 saturated carbocycles. The molecule has 148 valence electrons. The Labute approximate surface area is 161 Å². The number of aromatic amines is 1. The fraction of sp³-hybridized carbons (Fsp3) is 0.600. The van der Waals surface area contributed by atoms with Gasteiger partial charge in [0.1, 0.15) is 10.1 Å². The second kappa shape index (κ2) is 7.26. The van der Waals surface area contributed by atoms with Crippen molar-refractivity contribution in [3.63, 3.8) is 0 Å². The van der Waals surface area contributed by atoms with E-state index in [1.807, 2.05) is 0 Å². The molecule has 10 nitrogen and oxygen atoms in total. The van der Waals surface area contributed by atoms with Crippen LogP contribution in [0.5, 0.6) is 0 Å². The van der Waals surface area contributed by atoms with Gasteiger partial charge in [-0.25, -0.2) is 0 Å². The van der Waals surface area contributed by atoms with Crippen LogP contribution in [0.2, 0.25) is 0 Å². The number of carbonyl (C=O) groups is 1. The first-order valence-electron chi connectivity index (χ1n) is 8.19. The summed E-state index contributed by atoms with van der Waals surface area (Å²) in [5.41, 5.74) is 3.33. The highest BCUT2D eigenvalue weighted by atomic mass is 32.2. The van der Waals surface area contributed by atoms with Crippen LogP contribution in [0.25, 0.3) is 10.3 Å². The van der Waals surface area contributed by atoms with Crippen molar-refractivity contribution >= 4 is 45.4 Å². The van der Waals surface area contributed by atoms with Gasteiger partial charge in [-0.2, -0.15) is 4.98 Å². The van der Waals surface area contributed by atoms with Crippen molar-refractivity contribution in [1.29, 1.82) is 0 Å². The Morgan fingerprint density at radius 2 is 2.22 bits per heavy atom. The Kier molecular flexibility index (Phi) is 5.34. The number of nitrogens with zero attached hydrogens (tertiary/aromatic N) is 2. The van der Waals surface area contributed by atoms with E-state index in [1.54, 1.807) is 13.8 Å². The van der Waals surface area contributed by atoms with Crippen LogP contribution in [-0.2, 0) is 14.3 Å². The Morgan fingerprint density at radius 1 is 1.52 bits per heavy atom. The summed E-state index contributed by atoms with van der Waals surface area (Å²) in [5, 5.41) is 10.1. The average Bonchev–Trinajstić information content (AvgIpc) is 3.15. The molecular formula is C15H20N4O6S2. The van der Waals surface area contributed by atoms with Crippen molar-refractivity contribution in [2.45, 2.75) is 49.2 Å². The molecule has 0 spiro atoms. The number of esters is 1. The van der Waals surface area contributed by atoms with Crippen molar-refractivity contribution in [3.8, 4) is 0 Å². The summed E-state index contributed by atoms with van der Waals surface area (Å²) in [6.45, 7) is 3.43. The van der Waals surface area contributed by atoms with Crippen LogP contribution in [0.1, 0.15) is 32.9 Å². The van der Waals surface area contributed by atoms with Crippen molar-refractivity contribution < 1.29 is 19.4 Å². The van der Waals surface area contributed by atoms with Crippen LogP contribution in [0.4, 0.5) is 5.95 Å². The minimum atomic E-state index is -1.17. The Bertz CT molecular complexity index is 981. The highest BCUT2D eigenvalue weighted by Gasteiger charge is 2.47. The third-order valence-electron chi connectivity index (χ3n) is 4.44. The molecule has 12 heteroatoms. The van der Waals surface area contributed by atoms with E-state index in [0.29, 0.717) is 6.42 Å². The monoisotopic (exact) mass is 416 g/mol. The number of thioether (sulfide) groups is 1. The predicted octanol–water partition coefficient (Wildman–Crippen LogP) is 0.409. The Balaban J connectivity index is 2.10. The number of nitrogens with one attached hydrogen (secondary N) is 1. The fourth-order valence-corrected chi connectivity index (χ4v) is 5.08. The summed E-state index contributed by atoms with van der Waals surface area (Å²) in [7, 11) is 1.27. The van der Waals surface area contributed by atoms with Gasteiger partial charge in [-0.1, -0.05) is 18.3 Å². The molecule has 1 fully saturated rings. The quantitative estimate of drug-likeness (QED) is 0.589. The molecule has 1 aliphatic heterocycles. The van der Waals surface area contributed by atoms with Crippen molar-refractivity contribution in [2.75, 3.05) is 12.8 Å². The average molecular weight is 416 g/mol. The number of methoxy groups -OCH3 is 1. The normalized spacial score (nSPS) is 24.8. The molecule has 0 bridgehead atoms. The van der Waals surface area contributed by atoms with E-state index in [1.165, 1.54) is 23.4 Å². The highest BCUT2D eigenvalue weighted by molar-refractivity contribution is 8.00. The number of rotatable bonds is 5. The van der Waals surface area contributed by atoms with Crippen LogP contribution >= 0.6 is 23.1 Å². The van der Waals surface area contributed by atoms with E-state index >= 15 is 0 Å². The first-order chi connectivity index (χ1) is 12.7. The third kappa shape index (κ3) is 3.61. The topological polar surface area (TPSA) is 150 Å². The minimum Gasteiger partial charge on any atom is -0.469 e. The molecule has 0 radical (unpaired) electrons. The van der Waals surface area contributed by atoms with Gasteiger partial charge in [0, 0.05) is 0 Å². The maximum Gasteiger partial charge on any atom is 0.311 e. The minimum absolute atomic E-state index is 0.0371. The number of ether oxygens (including phenoxy) is 2. The summed E-state index contributed by atoms with van der Waals surface area (Å²) in [6, 6.07) is 0. The second-order valence-electron chi connectivity index (χ2n) is 6.37. The summed E-state index contributed by atoms with van der Waals surface area (Å²) in [4.78, 5) is 42.5. The largest absolute Gasteiger partial charge is 0.469 e. The molecule has 4 N–H and O–H groups in total. The van der Waals surface area contributed by atoms with Crippen molar-refractivity contribution in [3.05, 3.63) is 20.0 Å². The smallest absolute Gasteiger partial charge is 0.311 e. The lowest BCUT2D eigenvalue weighted by Gasteiger charge is -2.27. The van der Waals surface area contributed by atoms with Crippen LogP contribution in [0, 0.1) is 0 Å². The second-order valence-corrected chi connectivity index (χ2v) is 8.63. The van der Waals surface area contributed by atoms with E-state index in [2.05, 4.69) is 9.97 Å². The zero-order valence-electron chi connectivity index (χ0n) is 14.9. The lowest BCUT2D eigenvalue weighted by molar-refractivity contribution is -0.142. The number of aliphatic hydroxyl groups is 1. The third-order valence-corrected chi connectivity index (χ3v) is 7.00. The van der Waals surface area contributed by atoms with Gasteiger partial charge in [0.15, 0.2) is 11.9 Å². The predicted molar refractivity (Wildman–Crippen MR) is 102 cm³/mol. The van der Waals surface area contributed by atoms with E-state index < -0.39 is 38.9 Å². The summed E-state index contributed by atoms with van der Waals surface area (Å²) >= 11 is 1.96. The van der Waals surface area contributed by atoms with Gasteiger partial charge < -0.3 is 20.3 Å². The van der Waals surface area contributed by atoms with Crippen LogP contribution in [0.3, 0.4) is 0 Å². The Hall–Kier alpha value is -1.89. The lowest BCUT2D eigenvalue weighted by Crippen LogP contribution is -2.37. The molecule has 27 heavy (non-hydrogen) atoms. The molecule has 4 atom stereocenters. The number of nitrogen functional groups attached to an aromatic ring is 1. The maximum absolute atomic E-state index is 12.6. The molecule has 3 heterocycles. The molecule has 0 aromatic carbocycles. The molecule has 3 rings (SSSR count). The van der Waals surface area contributed by atoms with E-state index in [0.717, 1.165) is 11.3 Å². The van der Waals surface area contributed by atoms with Crippen molar-refractivity contribution in [1.82, 2.24) is 14.5 Å². The molecule has 0 unspecified atom stereocenters. The van der Waals surface area contributed by atoms with Gasteiger partial charge in [0.25, 0.3) is 5.56 Å². The number of hydrogen-bond acceptors (Lipinski definition) is 10. The van der Waals surface area contributed by atoms with Crippen LogP contribution in [0.15, 0.2) is 9.59 Å². The first-order valence-corrected chi connectivity index (χ1v) is 9.94. The molecule has 0 amide bonds. The highest BCUT2D eigenvalue weighted by Crippen LogP contribution is 2.46. The molecule has 2 aromatic heterocycles. The number of fused-ring (bicyclic) bond motifs is 1. The number of carbonyl (C=O) groups excluding carboxylic acids is 1. The molecule has 0 aliphatic carbocycles. The van der Waals surface area contributed by atoms with Gasteiger partial charge in [0.2, 0.25) is 5.95 Å². The van der Waals surface area contributed by atoms with Gasteiger partial charge in [-0.05, 0) is 13.3 Å². The number of anilines is 1. The zero-order chi connectivity index (χ0) is 19.9. The summed E-state index contributed by atoms with van der Waals surface area (Å²) < 4.78 is 12.0. The molecule has 1 aliphatic rings. The Morgan fingerprint density at radius 3 is 2.85 bits per heavy atom. The standard InChI is InChI=1S/C15H20N4O6S2/c1-4-15(2,23)12-25-11(6(26-12)5-7(20)24-3)19-9-8(27-14(19)22)10(21)18-13(16)17-9/h6,11-12,23H,4-5H2,1-3H3,(H3,16,17,18,21)/t6-,11+,12+,15+/m0/s1. The number of hydrogen-bond donors (Lipinski definition) is 3. The van der Waals surface area contributed by atoms with E-state index in [4.69, 9.17) is 15.2 Å². The van der Waals surface area contributed by atoms with Gasteiger partial charge in [-0.15, -0.1) is 11.8 Å². The van der Waals surface area contributed by atoms with E-state index in [-0.39, 0.29) is 22.7 Å². The number of nitrogens with two attached hydrogens (primary N) is 1. The maximum atomic E-state index is 12.6. The number of H-pyrrole nitrogens is 1. The molecular weight excluding hydrogens is 396 g/mol. The molecule has 2 aromatic rings. The van der Waals surface area contributed by atoms with Gasteiger partial charge in [0.05, 0.1) is 24.4 Å². The van der Waals surface area contributed by atoms with E-state index in [9.17, 15) is 19.5 Å². The lowest BCUT2D eigenvalue weighted by atomic mass is 10.1. The summed E-state index contributed by atoms with van der Waals surface area (Å²) in [6.07, 6.45) is -0.538.